The van der Waals surface area contributed by atoms with Crippen molar-refractivity contribution in [2.24, 2.45) is 0 Å². The van der Waals surface area contributed by atoms with Crippen LogP contribution in [0.15, 0.2) is 47.5 Å². The molecule has 1 saturated carbocycles. The molecule has 0 unspecified atom stereocenters. The van der Waals surface area contributed by atoms with Gasteiger partial charge >= 0.3 is 11.9 Å². The summed E-state index contributed by atoms with van der Waals surface area (Å²) in [5.41, 5.74) is 0.624. The molecule has 11 heteroatoms. The number of halogens is 3. The number of anilines is 1. The Morgan fingerprint density at radius 1 is 1.13 bits per heavy atom. The highest BCUT2D eigenvalue weighted by molar-refractivity contribution is 5.57. The summed E-state index contributed by atoms with van der Waals surface area (Å²) in [6.07, 6.45) is -0.126. The Morgan fingerprint density at radius 3 is 2.60 bits per heavy atom. The number of hydrogen-bond donors (Lipinski definition) is 2. The summed E-state index contributed by atoms with van der Waals surface area (Å²) < 4.78 is 42.4. The summed E-state index contributed by atoms with van der Waals surface area (Å²) in [5.74, 6) is 0.612. The highest BCUT2D eigenvalue weighted by atomic mass is 19.4. The van der Waals surface area contributed by atoms with E-state index in [9.17, 15) is 18.0 Å². The van der Waals surface area contributed by atoms with Crippen molar-refractivity contribution in [2.75, 3.05) is 5.32 Å². The van der Waals surface area contributed by atoms with Gasteiger partial charge in [0.1, 0.15) is 11.5 Å². The van der Waals surface area contributed by atoms with Crippen LogP contribution in [0.1, 0.15) is 30.1 Å². The average molecular weight is 415 g/mol. The number of hydrogen-bond acceptors (Lipinski definition) is 5. The lowest BCUT2D eigenvalue weighted by Crippen LogP contribution is -2.18. The van der Waals surface area contributed by atoms with Crippen molar-refractivity contribution < 1.29 is 13.2 Å². The number of aromatic amines is 1. The summed E-state index contributed by atoms with van der Waals surface area (Å²) >= 11 is 0. The SMILES string of the molecule is O=c1nc(NCc2ccc(-c3nc(C(F)(F)F)cn3C3CC3)cc2)n2nccc2[nH]1. The lowest BCUT2D eigenvalue weighted by Gasteiger charge is -2.09. The maximum atomic E-state index is 13.1. The molecule has 0 spiro atoms. The second-order valence-electron chi connectivity index (χ2n) is 7.13. The molecule has 1 aliphatic carbocycles. The van der Waals surface area contributed by atoms with Crippen LogP contribution in [0, 0.1) is 0 Å². The first kappa shape index (κ1) is 18.4. The Labute approximate surface area is 167 Å². The van der Waals surface area contributed by atoms with Gasteiger partial charge in [0.05, 0.1) is 6.20 Å². The number of fused-ring (bicyclic) bond motifs is 1. The summed E-state index contributed by atoms with van der Waals surface area (Å²) in [5, 5.41) is 7.15. The van der Waals surface area contributed by atoms with Crippen molar-refractivity contribution in [1.82, 2.24) is 29.1 Å². The lowest BCUT2D eigenvalue weighted by molar-refractivity contribution is -0.140. The van der Waals surface area contributed by atoms with E-state index in [0.29, 0.717) is 29.5 Å². The Morgan fingerprint density at radius 2 is 1.90 bits per heavy atom. The Hall–Kier alpha value is -3.63. The van der Waals surface area contributed by atoms with Crippen LogP contribution in [0.5, 0.6) is 0 Å². The maximum absolute atomic E-state index is 13.1. The number of H-pyrrole nitrogens is 1. The summed E-state index contributed by atoms with van der Waals surface area (Å²) in [6, 6.07) is 8.81. The van der Waals surface area contributed by atoms with Gasteiger partial charge in [-0.25, -0.2) is 9.78 Å². The van der Waals surface area contributed by atoms with Crippen LogP contribution < -0.4 is 11.0 Å². The Kier molecular flexibility index (Phi) is 4.12. The monoisotopic (exact) mass is 415 g/mol. The van der Waals surface area contributed by atoms with Crippen LogP contribution in [0.4, 0.5) is 19.1 Å². The number of nitrogens with zero attached hydrogens (tertiary/aromatic N) is 5. The van der Waals surface area contributed by atoms with Crippen LogP contribution >= 0.6 is 0 Å². The smallest absolute Gasteiger partial charge is 0.350 e. The molecule has 0 saturated heterocycles. The molecule has 8 nitrogen and oxygen atoms in total. The van der Waals surface area contributed by atoms with Gasteiger partial charge in [-0.1, -0.05) is 24.3 Å². The van der Waals surface area contributed by atoms with Crippen molar-refractivity contribution in [3.63, 3.8) is 0 Å². The highest BCUT2D eigenvalue weighted by Gasteiger charge is 2.37. The summed E-state index contributed by atoms with van der Waals surface area (Å²) in [7, 11) is 0. The molecular formula is C19H16F3N7O. The molecule has 4 aromatic rings. The van der Waals surface area contributed by atoms with Gasteiger partial charge in [-0.15, -0.1) is 0 Å². The topological polar surface area (TPSA) is 92.9 Å². The van der Waals surface area contributed by atoms with Crippen molar-refractivity contribution in [1.29, 1.82) is 0 Å². The molecule has 30 heavy (non-hydrogen) atoms. The number of benzene rings is 1. The zero-order valence-electron chi connectivity index (χ0n) is 15.5. The van der Waals surface area contributed by atoms with Crippen LogP contribution in [-0.2, 0) is 12.7 Å². The van der Waals surface area contributed by atoms with Gasteiger partial charge in [-0.3, -0.25) is 4.98 Å². The molecule has 1 fully saturated rings. The second-order valence-corrected chi connectivity index (χ2v) is 7.13. The van der Waals surface area contributed by atoms with Gasteiger partial charge < -0.3 is 9.88 Å². The fraction of sp³-hybridized carbons (Fsp3) is 0.263. The standard InChI is InChI=1S/C19H16F3N7O/c20-19(21,22)14-10-28(13-5-6-13)16(25-14)12-3-1-11(2-4-12)9-23-17-27-18(30)26-15-7-8-24-29(15)17/h1-4,7-8,10,13H,5-6,9H2,(H2,23,26,27,30). The van der Waals surface area contributed by atoms with E-state index in [1.165, 1.54) is 4.52 Å². The number of alkyl halides is 3. The van der Waals surface area contributed by atoms with E-state index in [1.807, 2.05) is 0 Å². The van der Waals surface area contributed by atoms with Gasteiger partial charge in [0.15, 0.2) is 5.69 Å². The van der Waals surface area contributed by atoms with Crippen LogP contribution in [0.3, 0.4) is 0 Å². The van der Waals surface area contributed by atoms with E-state index >= 15 is 0 Å². The molecular weight excluding hydrogens is 399 g/mol. The number of nitrogens with one attached hydrogen (secondary N) is 2. The second kappa shape index (κ2) is 6.71. The quantitative estimate of drug-likeness (QED) is 0.522. The van der Waals surface area contributed by atoms with E-state index in [1.54, 1.807) is 41.1 Å². The van der Waals surface area contributed by atoms with Crippen molar-refractivity contribution in [2.45, 2.75) is 31.6 Å². The van der Waals surface area contributed by atoms with Crippen molar-refractivity contribution >= 4 is 11.6 Å². The van der Waals surface area contributed by atoms with Crippen molar-refractivity contribution in [3.05, 3.63) is 64.5 Å². The molecule has 154 valence electrons. The lowest BCUT2D eigenvalue weighted by atomic mass is 10.1. The minimum absolute atomic E-state index is 0.0728. The normalized spacial score (nSPS) is 14.4. The first-order valence-corrected chi connectivity index (χ1v) is 9.32. The van der Waals surface area contributed by atoms with E-state index in [2.05, 4.69) is 25.4 Å². The predicted molar refractivity (Wildman–Crippen MR) is 102 cm³/mol. The third kappa shape index (κ3) is 3.42. The molecule has 5 rings (SSSR count). The zero-order chi connectivity index (χ0) is 20.9. The van der Waals surface area contributed by atoms with Gasteiger partial charge in [-0.2, -0.15) is 27.8 Å². The van der Waals surface area contributed by atoms with E-state index in [4.69, 9.17) is 0 Å². The van der Waals surface area contributed by atoms with E-state index in [0.717, 1.165) is 24.6 Å². The first-order chi connectivity index (χ1) is 14.4. The third-order valence-corrected chi connectivity index (χ3v) is 4.91. The maximum Gasteiger partial charge on any atom is 0.434 e. The van der Waals surface area contributed by atoms with Gasteiger partial charge in [0.25, 0.3) is 0 Å². The van der Waals surface area contributed by atoms with Crippen LogP contribution in [-0.4, -0.2) is 29.1 Å². The molecule has 2 N–H and O–H groups in total. The fourth-order valence-electron chi connectivity index (χ4n) is 3.29. The van der Waals surface area contributed by atoms with Crippen LogP contribution in [0.2, 0.25) is 0 Å². The largest absolute Gasteiger partial charge is 0.434 e. The third-order valence-electron chi connectivity index (χ3n) is 4.91. The zero-order valence-corrected chi connectivity index (χ0v) is 15.5. The Bertz CT molecular complexity index is 1270. The number of rotatable bonds is 5. The predicted octanol–water partition coefficient (Wildman–Crippen LogP) is 3.25. The number of imidazole rings is 1. The minimum Gasteiger partial charge on any atom is -0.350 e. The highest BCUT2D eigenvalue weighted by Crippen LogP contribution is 2.40. The Balaban J connectivity index is 1.38. The minimum atomic E-state index is -4.48. The van der Waals surface area contributed by atoms with Gasteiger partial charge in [0, 0.05) is 30.4 Å². The molecule has 0 atom stereocenters. The molecule has 3 heterocycles. The fourth-order valence-corrected chi connectivity index (χ4v) is 3.29. The van der Waals surface area contributed by atoms with E-state index in [-0.39, 0.29) is 6.04 Å². The number of aromatic nitrogens is 6. The molecule has 1 aromatic carbocycles. The van der Waals surface area contributed by atoms with E-state index < -0.39 is 17.6 Å². The molecule has 1 aliphatic rings. The molecule has 3 aromatic heterocycles. The molecule has 0 aliphatic heterocycles. The summed E-state index contributed by atoms with van der Waals surface area (Å²) in [4.78, 5) is 21.9. The van der Waals surface area contributed by atoms with Crippen molar-refractivity contribution in [3.8, 4) is 11.4 Å². The molecule has 0 amide bonds. The molecule has 0 bridgehead atoms. The van der Waals surface area contributed by atoms with Gasteiger partial charge in [-0.05, 0) is 18.4 Å². The molecule has 0 radical (unpaired) electrons. The summed E-state index contributed by atoms with van der Waals surface area (Å²) in [6.45, 7) is 0.358. The van der Waals surface area contributed by atoms with Crippen LogP contribution in [0.25, 0.3) is 17.0 Å². The van der Waals surface area contributed by atoms with Gasteiger partial charge in [0.2, 0.25) is 5.95 Å². The average Bonchev–Trinajstić information content (AvgIpc) is 3.26. The first-order valence-electron chi connectivity index (χ1n) is 9.32.